The van der Waals surface area contributed by atoms with E-state index < -0.39 is 17.8 Å². The third kappa shape index (κ3) is 6.23. The van der Waals surface area contributed by atoms with E-state index in [0.717, 1.165) is 32.8 Å². The Morgan fingerprint density at radius 1 is 1.12 bits per heavy atom. The quantitative estimate of drug-likeness (QED) is 0.197. The molecule has 7 rings (SSSR count). The van der Waals surface area contributed by atoms with E-state index in [1.807, 2.05) is 30.0 Å². The molecule has 13 heteroatoms. The molecule has 3 aromatic heterocycles. The lowest BCUT2D eigenvalue weighted by molar-refractivity contribution is -0.132. The maximum atomic E-state index is 14.0. The SMILES string of the molecule is CC[C@@]1(C(=O)Nc2ccc3[nH]nc(-c4ccc(F)c(CO)c4)c3c2)CCN(CC(=O)N2CC=C(c3ncc(-c4ncccn4)s3)CC2)C1. The number of anilines is 1. The molecule has 0 radical (unpaired) electrons. The van der Waals surface area contributed by atoms with Gasteiger partial charge in [0.15, 0.2) is 5.82 Å². The summed E-state index contributed by atoms with van der Waals surface area (Å²) in [5, 5.41) is 21.7. The summed E-state index contributed by atoms with van der Waals surface area (Å²) in [5.74, 6) is 0.153. The van der Waals surface area contributed by atoms with Crippen molar-refractivity contribution in [2.75, 3.05) is 38.0 Å². The molecule has 1 fully saturated rings. The second kappa shape index (κ2) is 13.3. The number of carbonyl (C=O) groups is 2. The zero-order chi connectivity index (χ0) is 33.3. The molecule has 48 heavy (non-hydrogen) atoms. The number of amides is 2. The first kappa shape index (κ1) is 31.7. The molecule has 0 unspecified atom stereocenters. The molecule has 0 aliphatic carbocycles. The van der Waals surface area contributed by atoms with Crippen molar-refractivity contribution in [2.45, 2.75) is 32.8 Å². The Morgan fingerprint density at radius 2 is 1.98 bits per heavy atom. The van der Waals surface area contributed by atoms with Crippen molar-refractivity contribution in [3.63, 3.8) is 0 Å². The van der Waals surface area contributed by atoms with Crippen molar-refractivity contribution in [3.05, 3.63) is 83.5 Å². The Labute approximate surface area is 280 Å². The fraction of sp³-hybridized carbons (Fsp3) is 0.314. The van der Waals surface area contributed by atoms with E-state index in [9.17, 15) is 19.1 Å². The molecule has 11 nitrogen and oxygen atoms in total. The average Bonchev–Trinajstić information content (AvgIpc) is 3.88. The highest BCUT2D eigenvalue weighted by molar-refractivity contribution is 7.16. The predicted octanol–water partition coefficient (Wildman–Crippen LogP) is 5.13. The lowest BCUT2D eigenvalue weighted by Gasteiger charge is -2.29. The largest absolute Gasteiger partial charge is 0.392 e. The molecule has 3 N–H and O–H groups in total. The molecular formula is C35H35FN8O3S. The summed E-state index contributed by atoms with van der Waals surface area (Å²) in [7, 11) is 0. The molecule has 2 amide bonds. The van der Waals surface area contributed by atoms with Crippen LogP contribution in [0.1, 0.15) is 36.8 Å². The van der Waals surface area contributed by atoms with Gasteiger partial charge in [-0.1, -0.05) is 13.0 Å². The standard InChI is InChI=1S/C35H35FN8O3S/c1-2-35(34(47)40-25-5-7-28-26(17-25)31(42-41-28)23-4-6-27(36)24(16-23)20-45)10-15-43(21-35)19-30(46)44-13-8-22(9-14-44)33-39-18-29(48-33)32-37-11-3-12-38-32/h3-8,11-12,16-18,45H,2,9-10,13-15,19-21H2,1H3,(H,40,47)(H,41,42)/t35-/m1/s1. The highest BCUT2D eigenvalue weighted by atomic mass is 32.1. The molecule has 1 atom stereocenters. The Bertz CT molecular complexity index is 2010. The minimum Gasteiger partial charge on any atom is -0.392 e. The van der Waals surface area contributed by atoms with Crippen molar-refractivity contribution < 1.29 is 19.1 Å². The third-order valence-electron chi connectivity index (χ3n) is 9.39. The summed E-state index contributed by atoms with van der Waals surface area (Å²) >= 11 is 1.56. The zero-order valence-electron chi connectivity index (χ0n) is 26.4. The van der Waals surface area contributed by atoms with Crippen LogP contribution >= 0.6 is 11.3 Å². The lowest BCUT2D eigenvalue weighted by atomic mass is 9.83. The van der Waals surface area contributed by atoms with Gasteiger partial charge in [-0.25, -0.2) is 19.3 Å². The van der Waals surface area contributed by atoms with Crippen molar-refractivity contribution in [3.8, 4) is 22.0 Å². The van der Waals surface area contributed by atoms with Gasteiger partial charge in [-0.3, -0.25) is 19.6 Å². The summed E-state index contributed by atoms with van der Waals surface area (Å²) in [6.07, 6.45) is 9.33. The van der Waals surface area contributed by atoms with Gasteiger partial charge in [-0.05, 0) is 73.8 Å². The van der Waals surface area contributed by atoms with E-state index >= 15 is 0 Å². The Morgan fingerprint density at radius 3 is 2.75 bits per heavy atom. The third-order valence-corrected chi connectivity index (χ3v) is 10.5. The predicted molar refractivity (Wildman–Crippen MR) is 182 cm³/mol. The minimum absolute atomic E-state index is 0.0539. The number of nitrogens with zero attached hydrogens (tertiary/aromatic N) is 6. The van der Waals surface area contributed by atoms with Crippen LogP contribution in [0, 0.1) is 11.2 Å². The summed E-state index contributed by atoms with van der Waals surface area (Å²) in [4.78, 5) is 45.2. The molecule has 1 saturated heterocycles. The maximum absolute atomic E-state index is 14.0. The fourth-order valence-corrected chi connectivity index (χ4v) is 7.41. The topological polar surface area (TPSA) is 140 Å². The zero-order valence-corrected chi connectivity index (χ0v) is 27.3. The number of aliphatic hydroxyl groups excluding tert-OH is 1. The van der Waals surface area contributed by atoms with Crippen LogP contribution in [0.25, 0.3) is 38.4 Å². The Kier molecular flexibility index (Phi) is 8.82. The van der Waals surface area contributed by atoms with Gasteiger partial charge < -0.3 is 15.3 Å². The number of rotatable bonds is 9. The second-order valence-corrected chi connectivity index (χ2v) is 13.3. The number of nitrogens with one attached hydrogen (secondary N) is 2. The first-order valence-electron chi connectivity index (χ1n) is 16.0. The summed E-state index contributed by atoms with van der Waals surface area (Å²) in [5.41, 5.74) is 3.35. The lowest BCUT2D eigenvalue weighted by Crippen LogP contribution is -2.43. The van der Waals surface area contributed by atoms with Crippen LogP contribution in [-0.4, -0.2) is 84.6 Å². The minimum atomic E-state index is -0.624. The van der Waals surface area contributed by atoms with Crippen LogP contribution in [0.3, 0.4) is 0 Å². The van der Waals surface area contributed by atoms with Gasteiger partial charge in [-0.15, -0.1) is 11.3 Å². The van der Waals surface area contributed by atoms with Gasteiger partial charge in [0.2, 0.25) is 11.8 Å². The van der Waals surface area contributed by atoms with E-state index in [1.165, 1.54) is 6.07 Å². The first-order chi connectivity index (χ1) is 23.4. The molecule has 0 spiro atoms. The number of aromatic nitrogens is 5. The molecular weight excluding hydrogens is 632 g/mol. The highest BCUT2D eigenvalue weighted by Crippen LogP contribution is 2.37. The number of aromatic amines is 1. The molecule has 2 aliphatic heterocycles. The van der Waals surface area contributed by atoms with Gasteiger partial charge in [-0.2, -0.15) is 5.10 Å². The van der Waals surface area contributed by atoms with Crippen LogP contribution in [0.5, 0.6) is 0 Å². The smallest absolute Gasteiger partial charge is 0.237 e. The molecule has 2 aromatic carbocycles. The number of hydrogen-bond acceptors (Lipinski definition) is 9. The molecule has 5 aromatic rings. The maximum Gasteiger partial charge on any atom is 0.237 e. The monoisotopic (exact) mass is 666 g/mol. The van der Waals surface area contributed by atoms with Gasteiger partial charge in [0, 0.05) is 60.4 Å². The number of hydrogen-bond donors (Lipinski definition) is 3. The number of halogens is 1. The number of likely N-dealkylation sites (tertiary alicyclic amines) is 1. The second-order valence-electron chi connectivity index (χ2n) is 12.3. The highest BCUT2D eigenvalue weighted by Gasteiger charge is 2.43. The van der Waals surface area contributed by atoms with Gasteiger partial charge in [0.05, 0.1) is 34.7 Å². The van der Waals surface area contributed by atoms with Crippen LogP contribution in [0.4, 0.5) is 10.1 Å². The van der Waals surface area contributed by atoms with Crippen molar-refractivity contribution in [1.82, 2.24) is 34.9 Å². The van der Waals surface area contributed by atoms with Gasteiger partial charge in [0.1, 0.15) is 10.8 Å². The van der Waals surface area contributed by atoms with E-state index in [4.69, 9.17) is 0 Å². The van der Waals surface area contributed by atoms with E-state index in [1.54, 1.807) is 48.1 Å². The molecule has 246 valence electrons. The van der Waals surface area contributed by atoms with Gasteiger partial charge >= 0.3 is 0 Å². The summed E-state index contributed by atoms with van der Waals surface area (Å²) < 4.78 is 14.0. The van der Waals surface area contributed by atoms with E-state index in [0.29, 0.717) is 61.8 Å². The molecule has 0 bridgehead atoms. The first-order valence-corrected chi connectivity index (χ1v) is 16.8. The Balaban J connectivity index is 0.976. The van der Waals surface area contributed by atoms with E-state index in [-0.39, 0.29) is 23.9 Å². The van der Waals surface area contributed by atoms with Crippen LogP contribution in [0.15, 0.2) is 67.1 Å². The van der Waals surface area contributed by atoms with Crippen LogP contribution in [0.2, 0.25) is 0 Å². The van der Waals surface area contributed by atoms with Crippen LogP contribution < -0.4 is 5.32 Å². The van der Waals surface area contributed by atoms with E-state index in [2.05, 4.69) is 41.4 Å². The number of thiazole rings is 1. The number of aliphatic hydroxyl groups is 1. The average molecular weight is 667 g/mol. The fourth-order valence-electron chi connectivity index (χ4n) is 6.48. The van der Waals surface area contributed by atoms with Crippen molar-refractivity contribution in [2.24, 2.45) is 5.41 Å². The summed E-state index contributed by atoms with van der Waals surface area (Å²) in [6, 6.07) is 11.8. The van der Waals surface area contributed by atoms with Crippen molar-refractivity contribution >= 4 is 45.3 Å². The number of benzene rings is 2. The van der Waals surface area contributed by atoms with Crippen molar-refractivity contribution in [1.29, 1.82) is 0 Å². The molecule has 5 heterocycles. The summed E-state index contributed by atoms with van der Waals surface area (Å²) in [6.45, 7) is 4.17. The number of H-pyrrole nitrogens is 1. The molecule has 2 aliphatic rings. The molecule has 0 saturated carbocycles. The van der Waals surface area contributed by atoms with Crippen LogP contribution in [-0.2, 0) is 16.2 Å². The number of fused-ring (bicyclic) bond motifs is 1. The number of carbonyl (C=O) groups excluding carboxylic acids is 2. The normalized spacial score (nSPS) is 18.3. The Hall–Kier alpha value is -4.85. The van der Waals surface area contributed by atoms with Gasteiger partial charge in [0.25, 0.3) is 0 Å².